The highest BCUT2D eigenvalue weighted by Crippen LogP contribution is 2.37. The van der Waals surface area contributed by atoms with E-state index in [-0.39, 0.29) is 12.5 Å². The Balaban J connectivity index is 1.79. The maximum Gasteiger partial charge on any atom is 0.325 e. The molecule has 6 nitrogen and oxygen atoms in total. The molecule has 4 rings (SSSR count). The Kier molecular flexibility index (Phi) is 5.14. The number of rotatable bonds is 6. The topological polar surface area (TPSA) is 67.9 Å². The minimum absolute atomic E-state index is 0.0620. The van der Waals surface area contributed by atoms with Gasteiger partial charge in [0, 0.05) is 5.56 Å². The molecule has 1 aliphatic heterocycles. The number of urea groups is 1. The summed E-state index contributed by atoms with van der Waals surface area (Å²) in [5.74, 6) is 0.860. The van der Waals surface area contributed by atoms with Crippen molar-refractivity contribution in [1.29, 1.82) is 0 Å². The zero-order chi connectivity index (χ0) is 21.1. The van der Waals surface area contributed by atoms with Gasteiger partial charge in [0.05, 0.1) is 20.8 Å². The summed E-state index contributed by atoms with van der Waals surface area (Å²) in [5, 5.41) is 2.95. The Morgan fingerprint density at radius 3 is 1.97 bits per heavy atom. The van der Waals surface area contributed by atoms with Gasteiger partial charge >= 0.3 is 6.03 Å². The van der Waals surface area contributed by atoms with E-state index in [2.05, 4.69) is 5.32 Å². The average molecular weight is 402 g/mol. The minimum atomic E-state index is -1.29. The number of carbonyl (C=O) groups excluding carboxylic acids is 2. The molecule has 1 aliphatic rings. The van der Waals surface area contributed by atoms with Gasteiger partial charge in [-0.15, -0.1) is 0 Å². The van der Waals surface area contributed by atoms with E-state index in [0.29, 0.717) is 28.2 Å². The van der Waals surface area contributed by atoms with E-state index in [1.807, 2.05) is 60.7 Å². The standard InChI is InChI=1S/C24H22N2O4/c1-29-20-13-14-21(30-2)17(15-20)16-26-22(27)24(25-23(26)28,18-9-5-3-6-10-18)19-11-7-4-8-12-19/h3-15H,16H2,1-2H3,(H,25,28). The van der Waals surface area contributed by atoms with Crippen molar-refractivity contribution in [2.75, 3.05) is 14.2 Å². The minimum Gasteiger partial charge on any atom is -0.497 e. The van der Waals surface area contributed by atoms with Crippen LogP contribution in [0, 0.1) is 0 Å². The van der Waals surface area contributed by atoms with Crippen LogP contribution in [0.25, 0.3) is 0 Å². The highest BCUT2D eigenvalue weighted by molar-refractivity contribution is 6.09. The van der Waals surface area contributed by atoms with E-state index in [9.17, 15) is 9.59 Å². The fourth-order valence-corrected chi connectivity index (χ4v) is 3.83. The summed E-state index contributed by atoms with van der Waals surface area (Å²) in [6.45, 7) is 0.0620. The largest absolute Gasteiger partial charge is 0.497 e. The van der Waals surface area contributed by atoms with Crippen LogP contribution in [0.15, 0.2) is 78.9 Å². The molecule has 3 aromatic rings. The van der Waals surface area contributed by atoms with Crippen molar-refractivity contribution in [3.8, 4) is 11.5 Å². The summed E-state index contributed by atoms with van der Waals surface area (Å²) >= 11 is 0. The van der Waals surface area contributed by atoms with Gasteiger partial charge < -0.3 is 14.8 Å². The second-order valence-corrected chi connectivity index (χ2v) is 6.98. The smallest absolute Gasteiger partial charge is 0.325 e. The van der Waals surface area contributed by atoms with E-state index in [4.69, 9.17) is 9.47 Å². The third kappa shape index (κ3) is 3.16. The number of benzene rings is 3. The Hall–Kier alpha value is -3.80. The highest BCUT2D eigenvalue weighted by atomic mass is 16.5. The Morgan fingerprint density at radius 1 is 0.833 bits per heavy atom. The average Bonchev–Trinajstić information content (AvgIpc) is 3.06. The number of imide groups is 1. The zero-order valence-corrected chi connectivity index (χ0v) is 16.8. The monoisotopic (exact) mass is 402 g/mol. The number of nitrogens with one attached hydrogen (secondary N) is 1. The third-order valence-corrected chi connectivity index (χ3v) is 5.34. The maximum atomic E-state index is 13.8. The fourth-order valence-electron chi connectivity index (χ4n) is 3.83. The molecular formula is C24H22N2O4. The Labute approximate surface area is 175 Å². The SMILES string of the molecule is COc1ccc(OC)c(CN2C(=O)NC(c3ccccc3)(c3ccccc3)C2=O)c1. The lowest BCUT2D eigenvalue weighted by Crippen LogP contribution is -2.45. The molecule has 0 aliphatic carbocycles. The van der Waals surface area contributed by atoms with Crippen molar-refractivity contribution < 1.29 is 19.1 Å². The molecule has 30 heavy (non-hydrogen) atoms. The van der Waals surface area contributed by atoms with Crippen LogP contribution in [0.4, 0.5) is 4.79 Å². The lowest BCUT2D eigenvalue weighted by atomic mass is 9.82. The first-order valence-electron chi connectivity index (χ1n) is 9.56. The van der Waals surface area contributed by atoms with Gasteiger partial charge in [-0.3, -0.25) is 9.69 Å². The summed E-state index contributed by atoms with van der Waals surface area (Å²) in [6.07, 6.45) is 0. The summed E-state index contributed by atoms with van der Waals surface area (Å²) < 4.78 is 10.7. The van der Waals surface area contributed by atoms with Crippen LogP contribution in [0.2, 0.25) is 0 Å². The van der Waals surface area contributed by atoms with E-state index in [1.54, 1.807) is 32.4 Å². The molecule has 1 fully saturated rings. The molecular weight excluding hydrogens is 380 g/mol. The fraction of sp³-hybridized carbons (Fsp3) is 0.167. The summed E-state index contributed by atoms with van der Waals surface area (Å²) in [7, 11) is 3.12. The molecule has 3 amide bonds. The van der Waals surface area contributed by atoms with Crippen molar-refractivity contribution in [3.05, 3.63) is 95.6 Å². The van der Waals surface area contributed by atoms with Gasteiger partial charge in [0.2, 0.25) is 0 Å². The molecule has 1 saturated heterocycles. The molecule has 0 radical (unpaired) electrons. The van der Waals surface area contributed by atoms with Crippen molar-refractivity contribution in [3.63, 3.8) is 0 Å². The third-order valence-electron chi connectivity index (χ3n) is 5.34. The van der Waals surface area contributed by atoms with Gasteiger partial charge in [-0.1, -0.05) is 60.7 Å². The van der Waals surface area contributed by atoms with Crippen LogP contribution in [-0.4, -0.2) is 31.1 Å². The van der Waals surface area contributed by atoms with E-state index in [0.717, 1.165) is 0 Å². The van der Waals surface area contributed by atoms with Crippen LogP contribution in [-0.2, 0) is 16.9 Å². The predicted octanol–water partition coefficient (Wildman–Crippen LogP) is 3.70. The molecule has 1 N–H and O–H groups in total. The molecule has 0 atom stereocenters. The van der Waals surface area contributed by atoms with Gasteiger partial charge in [-0.25, -0.2) is 4.79 Å². The molecule has 0 spiro atoms. The van der Waals surface area contributed by atoms with E-state index >= 15 is 0 Å². The van der Waals surface area contributed by atoms with Gasteiger partial charge in [0.1, 0.15) is 11.5 Å². The van der Waals surface area contributed by atoms with E-state index < -0.39 is 11.6 Å². The predicted molar refractivity (Wildman–Crippen MR) is 112 cm³/mol. The van der Waals surface area contributed by atoms with Crippen molar-refractivity contribution in [2.45, 2.75) is 12.1 Å². The second kappa shape index (κ2) is 7.91. The lowest BCUT2D eigenvalue weighted by molar-refractivity contribution is -0.130. The highest BCUT2D eigenvalue weighted by Gasteiger charge is 2.53. The van der Waals surface area contributed by atoms with Gasteiger partial charge in [0.15, 0.2) is 5.54 Å². The number of carbonyl (C=O) groups is 2. The molecule has 0 unspecified atom stereocenters. The van der Waals surface area contributed by atoms with Crippen molar-refractivity contribution >= 4 is 11.9 Å². The molecule has 0 bridgehead atoms. The maximum absolute atomic E-state index is 13.8. The first kappa shape index (κ1) is 19.5. The number of methoxy groups -OCH3 is 2. The first-order valence-corrected chi connectivity index (χ1v) is 9.56. The normalized spacial score (nSPS) is 15.1. The number of hydrogen-bond donors (Lipinski definition) is 1. The Bertz CT molecular complexity index is 1030. The van der Waals surface area contributed by atoms with Gasteiger partial charge in [0.25, 0.3) is 5.91 Å². The van der Waals surface area contributed by atoms with E-state index in [1.165, 1.54) is 4.90 Å². The second-order valence-electron chi connectivity index (χ2n) is 6.98. The molecule has 3 aromatic carbocycles. The van der Waals surface area contributed by atoms with Crippen LogP contribution < -0.4 is 14.8 Å². The van der Waals surface area contributed by atoms with Crippen molar-refractivity contribution in [2.24, 2.45) is 0 Å². The van der Waals surface area contributed by atoms with Crippen LogP contribution in [0.1, 0.15) is 16.7 Å². The summed E-state index contributed by atoms with van der Waals surface area (Å²) in [4.78, 5) is 28.0. The van der Waals surface area contributed by atoms with Crippen LogP contribution in [0.3, 0.4) is 0 Å². The lowest BCUT2D eigenvalue weighted by Gasteiger charge is -2.28. The van der Waals surface area contributed by atoms with Crippen LogP contribution in [0.5, 0.6) is 11.5 Å². The molecule has 152 valence electrons. The quantitative estimate of drug-likeness (QED) is 0.639. The van der Waals surface area contributed by atoms with Gasteiger partial charge in [-0.2, -0.15) is 0 Å². The summed E-state index contributed by atoms with van der Waals surface area (Å²) in [6, 6.07) is 23.4. The molecule has 0 saturated carbocycles. The number of ether oxygens (including phenoxy) is 2. The molecule has 0 aromatic heterocycles. The number of amides is 3. The molecule has 6 heteroatoms. The number of nitrogens with zero attached hydrogens (tertiary/aromatic N) is 1. The summed E-state index contributed by atoms with van der Waals surface area (Å²) in [5.41, 5.74) is 0.799. The zero-order valence-electron chi connectivity index (χ0n) is 16.8. The number of hydrogen-bond acceptors (Lipinski definition) is 4. The van der Waals surface area contributed by atoms with Crippen molar-refractivity contribution in [1.82, 2.24) is 10.2 Å². The first-order chi connectivity index (χ1) is 14.6. The van der Waals surface area contributed by atoms with Gasteiger partial charge in [-0.05, 0) is 29.3 Å². The molecule has 1 heterocycles. The Morgan fingerprint density at radius 2 is 1.43 bits per heavy atom. The van der Waals surface area contributed by atoms with Crippen LogP contribution >= 0.6 is 0 Å².